The summed E-state index contributed by atoms with van der Waals surface area (Å²) in [5.41, 5.74) is 6.85. The molecule has 3 aromatic rings. The molecule has 2 heterocycles. The van der Waals surface area contributed by atoms with Gasteiger partial charge in [-0.05, 0) is 50.2 Å². The molecule has 9 nitrogen and oxygen atoms in total. The molecule has 2 amide bonds. The van der Waals surface area contributed by atoms with Crippen LogP contribution in [0.2, 0.25) is 0 Å². The van der Waals surface area contributed by atoms with Gasteiger partial charge >= 0.3 is 5.97 Å². The van der Waals surface area contributed by atoms with E-state index in [1.165, 1.54) is 24.4 Å². The molecule has 0 spiro atoms. The average molecular weight is 420 g/mol. The minimum Gasteiger partial charge on any atom is -0.462 e. The molecule has 0 radical (unpaired) electrons. The summed E-state index contributed by atoms with van der Waals surface area (Å²) in [6, 6.07) is 12.5. The number of carbonyl (C=O) groups excluding carboxylic acids is 3. The highest BCUT2D eigenvalue weighted by molar-refractivity contribution is 6.03. The van der Waals surface area contributed by atoms with Crippen LogP contribution in [-0.4, -0.2) is 34.4 Å². The van der Waals surface area contributed by atoms with Crippen LogP contribution in [0.1, 0.15) is 43.8 Å². The number of esters is 1. The van der Waals surface area contributed by atoms with E-state index in [-0.39, 0.29) is 18.2 Å². The van der Waals surface area contributed by atoms with Crippen LogP contribution in [0.4, 0.5) is 5.69 Å². The minimum absolute atomic E-state index is 0.147. The third-order valence-electron chi connectivity index (χ3n) is 4.15. The maximum absolute atomic E-state index is 12.5. The Kier molecular flexibility index (Phi) is 6.56. The van der Waals surface area contributed by atoms with Gasteiger partial charge in [0, 0.05) is 11.6 Å². The first-order valence-corrected chi connectivity index (χ1v) is 9.37. The van der Waals surface area contributed by atoms with E-state index < -0.39 is 17.8 Å². The van der Waals surface area contributed by atoms with E-state index in [1.54, 1.807) is 44.2 Å². The second-order valence-electron chi connectivity index (χ2n) is 6.38. The van der Waals surface area contributed by atoms with Crippen molar-refractivity contribution in [1.82, 2.24) is 9.97 Å². The van der Waals surface area contributed by atoms with Gasteiger partial charge in [0.25, 0.3) is 5.91 Å². The highest BCUT2D eigenvalue weighted by Gasteiger charge is 2.15. The summed E-state index contributed by atoms with van der Waals surface area (Å²) >= 11 is 0. The molecule has 0 aliphatic rings. The molecular formula is C22H20N4O5. The largest absolute Gasteiger partial charge is 0.462 e. The summed E-state index contributed by atoms with van der Waals surface area (Å²) in [6.07, 6.45) is 1.42. The van der Waals surface area contributed by atoms with Crippen LogP contribution in [0.15, 0.2) is 54.7 Å². The summed E-state index contributed by atoms with van der Waals surface area (Å²) in [6.45, 7) is 3.60. The molecule has 0 saturated carbocycles. The van der Waals surface area contributed by atoms with Gasteiger partial charge in [-0.25, -0.2) is 14.8 Å². The monoisotopic (exact) mass is 420 g/mol. The molecule has 0 aliphatic carbocycles. The SMILES string of the molecule is CCOC(=O)c1ccc(C(=O)Nc2ccc(Oc3cccc(C(N)=O)c3)nc2)nc1C. The number of ether oxygens (including phenoxy) is 2. The number of primary amides is 1. The Hall–Kier alpha value is -4.27. The fourth-order valence-electron chi connectivity index (χ4n) is 2.66. The van der Waals surface area contributed by atoms with E-state index in [4.69, 9.17) is 15.2 Å². The highest BCUT2D eigenvalue weighted by Crippen LogP contribution is 2.21. The van der Waals surface area contributed by atoms with Gasteiger partial charge < -0.3 is 20.5 Å². The molecule has 0 unspecified atom stereocenters. The standard InChI is InChI=1S/C22H20N4O5/c1-3-30-22(29)17-8-9-18(25-13(17)2)21(28)26-15-7-10-19(24-12-15)31-16-6-4-5-14(11-16)20(23)27/h4-12H,3H2,1-2H3,(H2,23,27)(H,26,28). The molecule has 9 heteroatoms. The molecule has 0 fully saturated rings. The lowest BCUT2D eigenvalue weighted by atomic mass is 10.2. The lowest BCUT2D eigenvalue weighted by Crippen LogP contribution is -2.16. The van der Waals surface area contributed by atoms with Crippen molar-refractivity contribution in [2.24, 2.45) is 5.73 Å². The van der Waals surface area contributed by atoms with E-state index in [9.17, 15) is 14.4 Å². The number of rotatable bonds is 7. The first kappa shape index (κ1) is 21.4. The molecular weight excluding hydrogens is 400 g/mol. The molecule has 3 N–H and O–H groups in total. The highest BCUT2D eigenvalue weighted by atomic mass is 16.5. The van der Waals surface area contributed by atoms with Crippen molar-refractivity contribution in [1.29, 1.82) is 0 Å². The normalized spacial score (nSPS) is 10.3. The molecule has 0 aliphatic heterocycles. The van der Waals surface area contributed by atoms with Gasteiger partial charge in [-0.15, -0.1) is 0 Å². The number of amides is 2. The summed E-state index contributed by atoms with van der Waals surface area (Å²) in [5, 5.41) is 2.68. The number of aromatic nitrogens is 2. The van der Waals surface area contributed by atoms with Crippen molar-refractivity contribution in [2.75, 3.05) is 11.9 Å². The van der Waals surface area contributed by atoms with Crippen molar-refractivity contribution in [3.63, 3.8) is 0 Å². The molecule has 0 saturated heterocycles. The van der Waals surface area contributed by atoms with Crippen LogP contribution in [0, 0.1) is 6.92 Å². The van der Waals surface area contributed by atoms with E-state index in [1.807, 2.05) is 0 Å². The summed E-state index contributed by atoms with van der Waals surface area (Å²) in [5.74, 6) is -0.825. The average Bonchev–Trinajstić information content (AvgIpc) is 2.75. The number of hydrogen-bond acceptors (Lipinski definition) is 7. The number of aryl methyl sites for hydroxylation is 1. The summed E-state index contributed by atoms with van der Waals surface area (Å²) in [7, 11) is 0. The number of anilines is 1. The van der Waals surface area contributed by atoms with Crippen LogP contribution in [0.5, 0.6) is 11.6 Å². The second-order valence-corrected chi connectivity index (χ2v) is 6.38. The smallest absolute Gasteiger partial charge is 0.339 e. The fourth-order valence-corrected chi connectivity index (χ4v) is 2.66. The molecule has 2 aromatic heterocycles. The van der Waals surface area contributed by atoms with Gasteiger partial charge in [0.05, 0.1) is 29.7 Å². The van der Waals surface area contributed by atoms with Crippen LogP contribution < -0.4 is 15.8 Å². The molecule has 158 valence electrons. The number of nitrogens with one attached hydrogen (secondary N) is 1. The zero-order chi connectivity index (χ0) is 22.4. The van der Waals surface area contributed by atoms with Gasteiger partial charge in [0.2, 0.25) is 11.8 Å². The van der Waals surface area contributed by atoms with Crippen LogP contribution in [0.3, 0.4) is 0 Å². The fraction of sp³-hybridized carbons (Fsp3) is 0.136. The third-order valence-corrected chi connectivity index (χ3v) is 4.15. The number of benzene rings is 1. The Morgan fingerprint density at radius 2 is 1.90 bits per heavy atom. The van der Waals surface area contributed by atoms with Crippen molar-refractivity contribution in [3.05, 3.63) is 77.2 Å². The van der Waals surface area contributed by atoms with Gasteiger partial charge in [-0.2, -0.15) is 0 Å². The van der Waals surface area contributed by atoms with Gasteiger partial charge in [-0.1, -0.05) is 6.07 Å². The van der Waals surface area contributed by atoms with Crippen LogP contribution >= 0.6 is 0 Å². The zero-order valence-electron chi connectivity index (χ0n) is 16.9. The van der Waals surface area contributed by atoms with E-state index >= 15 is 0 Å². The topological polar surface area (TPSA) is 134 Å². The quantitative estimate of drug-likeness (QED) is 0.561. The van der Waals surface area contributed by atoms with Gasteiger partial charge in [-0.3, -0.25) is 9.59 Å². The number of nitrogens with two attached hydrogens (primary N) is 1. The lowest BCUT2D eigenvalue weighted by Gasteiger charge is -2.09. The molecule has 1 aromatic carbocycles. The Labute approximate surface area is 178 Å². The van der Waals surface area contributed by atoms with Gasteiger partial charge in [0.1, 0.15) is 11.4 Å². The second kappa shape index (κ2) is 9.49. The van der Waals surface area contributed by atoms with Gasteiger partial charge in [0.15, 0.2) is 0 Å². The van der Waals surface area contributed by atoms with Crippen molar-refractivity contribution >= 4 is 23.5 Å². The maximum atomic E-state index is 12.5. The Morgan fingerprint density at radius 1 is 1.10 bits per heavy atom. The number of pyridine rings is 2. The zero-order valence-corrected chi connectivity index (χ0v) is 16.9. The number of nitrogens with zero attached hydrogens (tertiary/aromatic N) is 2. The predicted octanol–water partition coefficient (Wildman–Crippen LogP) is 3.11. The molecule has 3 rings (SSSR count). The first-order valence-electron chi connectivity index (χ1n) is 9.37. The Morgan fingerprint density at radius 3 is 2.55 bits per heavy atom. The molecule has 0 bridgehead atoms. The van der Waals surface area contributed by atoms with E-state index in [0.29, 0.717) is 28.3 Å². The molecule has 0 atom stereocenters. The van der Waals surface area contributed by atoms with Crippen LogP contribution in [-0.2, 0) is 4.74 Å². The third kappa shape index (κ3) is 5.41. The number of hydrogen-bond donors (Lipinski definition) is 2. The van der Waals surface area contributed by atoms with E-state index in [0.717, 1.165) is 0 Å². The van der Waals surface area contributed by atoms with Crippen molar-refractivity contribution in [2.45, 2.75) is 13.8 Å². The summed E-state index contributed by atoms with van der Waals surface area (Å²) < 4.78 is 10.6. The summed E-state index contributed by atoms with van der Waals surface area (Å²) in [4.78, 5) is 43.9. The Bertz CT molecular complexity index is 1130. The Balaban J connectivity index is 1.66. The molecule has 31 heavy (non-hydrogen) atoms. The number of carbonyl (C=O) groups is 3. The van der Waals surface area contributed by atoms with E-state index in [2.05, 4.69) is 15.3 Å². The van der Waals surface area contributed by atoms with Crippen LogP contribution in [0.25, 0.3) is 0 Å². The maximum Gasteiger partial charge on any atom is 0.339 e. The predicted molar refractivity (Wildman–Crippen MR) is 112 cm³/mol. The minimum atomic E-state index is -0.560. The van der Waals surface area contributed by atoms with Crippen molar-refractivity contribution < 1.29 is 23.9 Å². The first-order chi connectivity index (χ1) is 14.9. The lowest BCUT2D eigenvalue weighted by molar-refractivity contribution is 0.0524. The van der Waals surface area contributed by atoms with Crippen molar-refractivity contribution in [3.8, 4) is 11.6 Å².